The first-order valence-electron chi connectivity index (χ1n) is 4.47. The minimum absolute atomic E-state index is 0.171. The first-order valence-corrected chi connectivity index (χ1v) is 7.65. The summed E-state index contributed by atoms with van der Waals surface area (Å²) in [5, 5.41) is 0.725. The summed E-state index contributed by atoms with van der Waals surface area (Å²) in [6, 6.07) is 0.171. The van der Waals surface area contributed by atoms with Crippen LogP contribution in [0, 0.1) is 0 Å². The summed E-state index contributed by atoms with van der Waals surface area (Å²) in [7, 11) is -3.20. The molecule has 0 aliphatic carbocycles. The van der Waals surface area contributed by atoms with Gasteiger partial charge in [0.05, 0.1) is 0 Å². The first-order chi connectivity index (χ1) is 6.44. The van der Waals surface area contributed by atoms with E-state index < -0.39 is 9.84 Å². The lowest BCUT2D eigenvalue weighted by Crippen LogP contribution is -2.39. The number of sulfone groups is 1. The standard InChI is InChI=1S/C8H14BrNO3S/c1-14(12,13)6-8(11)10-4-2-3-7(10)5-9/h7H,2-6H2,1H3. The van der Waals surface area contributed by atoms with E-state index in [9.17, 15) is 13.2 Å². The Bertz CT molecular complexity index is 315. The van der Waals surface area contributed by atoms with Gasteiger partial charge in [-0.05, 0) is 12.8 Å². The molecule has 0 saturated carbocycles. The number of hydrogen-bond donors (Lipinski definition) is 0. The molecule has 1 fully saturated rings. The van der Waals surface area contributed by atoms with Crippen LogP contribution in [0.15, 0.2) is 0 Å². The van der Waals surface area contributed by atoms with E-state index in [2.05, 4.69) is 15.9 Å². The molecule has 82 valence electrons. The largest absolute Gasteiger partial charge is 0.338 e. The van der Waals surface area contributed by atoms with Gasteiger partial charge >= 0.3 is 0 Å². The average Bonchev–Trinajstić information content (AvgIpc) is 2.47. The Morgan fingerprint density at radius 1 is 1.57 bits per heavy atom. The van der Waals surface area contributed by atoms with Gasteiger partial charge in [-0.3, -0.25) is 4.79 Å². The molecule has 0 N–H and O–H groups in total. The molecule has 0 aromatic rings. The van der Waals surface area contributed by atoms with Gasteiger partial charge in [0.25, 0.3) is 0 Å². The van der Waals surface area contributed by atoms with Crippen molar-refractivity contribution < 1.29 is 13.2 Å². The maximum atomic E-state index is 11.6. The number of hydrogen-bond acceptors (Lipinski definition) is 3. The van der Waals surface area contributed by atoms with Gasteiger partial charge in [0, 0.05) is 24.2 Å². The summed E-state index contributed by atoms with van der Waals surface area (Å²) in [6.45, 7) is 0.685. The van der Waals surface area contributed by atoms with E-state index in [-0.39, 0.29) is 17.7 Å². The van der Waals surface area contributed by atoms with Crippen molar-refractivity contribution in [1.82, 2.24) is 4.90 Å². The Labute approximate surface area is 92.7 Å². The van der Waals surface area contributed by atoms with Crippen molar-refractivity contribution in [3.63, 3.8) is 0 Å². The number of alkyl halides is 1. The molecule has 0 aromatic carbocycles. The van der Waals surface area contributed by atoms with Gasteiger partial charge in [-0.25, -0.2) is 8.42 Å². The summed E-state index contributed by atoms with van der Waals surface area (Å²) >= 11 is 3.32. The monoisotopic (exact) mass is 283 g/mol. The van der Waals surface area contributed by atoms with Gasteiger partial charge in [0.1, 0.15) is 5.75 Å². The van der Waals surface area contributed by atoms with Crippen molar-refractivity contribution in [1.29, 1.82) is 0 Å². The smallest absolute Gasteiger partial charge is 0.238 e. The lowest BCUT2D eigenvalue weighted by molar-refractivity contribution is -0.128. The highest BCUT2D eigenvalue weighted by molar-refractivity contribution is 9.09. The second kappa shape index (κ2) is 4.61. The van der Waals surface area contributed by atoms with E-state index in [0.29, 0.717) is 6.54 Å². The fraction of sp³-hybridized carbons (Fsp3) is 0.875. The quantitative estimate of drug-likeness (QED) is 0.706. The zero-order valence-corrected chi connectivity index (χ0v) is 10.5. The Morgan fingerprint density at radius 3 is 2.71 bits per heavy atom. The summed E-state index contributed by atoms with van der Waals surface area (Å²) in [6.07, 6.45) is 3.01. The number of carbonyl (C=O) groups excluding carboxylic acids is 1. The fourth-order valence-electron chi connectivity index (χ4n) is 1.63. The van der Waals surface area contributed by atoms with Crippen LogP contribution >= 0.6 is 15.9 Å². The highest BCUT2D eigenvalue weighted by Crippen LogP contribution is 2.19. The van der Waals surface area contributed by atoms with Crippen molar-refractivity contribution in [2.24, 2.45) is 0 Å². The molecule has 1 unspecified atom stereocenters. The average molecular weight is 284 g/mol. The Hall–Kier alpha value is -0.100. The molecule has 1 aliphatic rings. The van der Waals surface area contributed by atoms with Crippen molar-refractivity contribution in [2.75, 3.05) is 23.9 Å². The van der Waals surface area contributed by atoms with Crippen LogP contribution in [-0.4, -0.2) is 49.2 Å². The summed E-state index contributed by atoms with van der Waals surface area (Å²) < 4.78 is 21.9. The maximum Gasteiger partial charge on any atom is 0.238 e. The third-order valence-corrected chi connectivity index (χ3v) is 3.78. The molecule has 1 heterocycles. The molecule has 1 aliphatic heterocycles. The molecule has 0 radical (unpaired) electrons. The highest BCUT2D eigenvalue weighted by Gasteiger charge is 2.29. The van der Waals surface area contributed by atoms with Gasteiger partial charge in [-0.2, -0.15) is 0 Å². The number of likely N-dealkylation sites (tertiary alicyclic amines) is 1. The summed E-state index contributed by atoms with van der Waals surface area (Å²) in [5.74, 6) is -0.634. The van der Waals surface area contributed by atoms with Crippen molar-refractivity contribution >= 4 is 31.7 Å². The molecule has 1 saturated heterocycles. The van der Waals surface area contributed by atoms with Gasteiger partial charge in [0.15, 0.2) is 9.84 Å². The van der Waals surface area contributed by atoms with Crippen LogP contribution < -0.4 is 0 Å². The molecule has 6 heteroatoms. The number of nitrogens with zero attached hydrogens (tertiary/aromatic N) is 1. The van der Waals surface area contributed by atoms with E-state index >= 15 is 0 Å². The molecule has 4 nitrogen and oxygen atoms in total. The van der Waals surface area contributed by atoms with Crippen LogP contribution in [0.25, 0.3) is 0 Å². The maximum absolute atomic E-state index is 11.6. The molecular weight excluding hydrogens is 270 g/mol. The third-order valence-electron chi connectivity index (χ3n) is 2.26. The van der Waals surface area contributed by atoms with Crippen LogP contribution in [-0.2, 0) is 14.6 Å². The third kappa shape index (κ3) is 3.24. The lowest BCUT2D eigenvalue weighted by Gasteiger charge is -2.22. The minimum Gasteiger partial charge on any atom is -0.338 e. The first kappa shape index (κ1) is 12.0. The molecular formula is C8H14BrNO3S. The Kier molecular flexibility index (Phi) is 3.94. The van der Waals surface area contributed by atoms with Crippen LogP contribution in [0.3, 0.4) is 0 Å². The molecule has 0 bridgehead atoms. The van der Waals surface area contributed by atoms with Crippen molar-refractivity contribution in [3.05, 3.63) is 0 Å². The minimum atomic E-state index is -3.20. The second-order valence-corrected chi connectivity index (χ2v) is 6.40. The van der Waals surface area contributed by atoms with Gasteiger partial charge in [-0.1, -0.05) is 15.9 Å². The van der Waals surface area contributed by atoms with E-state index in [1.807, 2.05) is 0 Å². The summed E-state index contributed by atoms with van der Waals surface area (Å²) in [4.78, 5) is 13.2. The zero-order valence-electron chi connectivity index (χ0n) is 8.07. The molecule has 1 amide bonds. The Morgan fingerprint density at radius 2 is 2.21 bits per heavy atom. The lowest BCUT2D eigenvalue weighted by atomic mass is 10.2. The van der Waals surface area contributed by atoms with E-state index in [1.165, 1.54) is 0 Å². The van der Waals surface area contributed by atoms with Crippen molar-refractivity contribution in [3.8, 4) is 0 Å². The number of carbonyl (C=O) groups is 1. The zero-order chi connectivity index (χ0) is 10.8. The van der Waals surface area contributed by atoms with Crippen molar-refractivity contribution in [2.45, 2.75) is 18.9 Å². The number of rotatable bonds is 3. The van der Waals surface area contributed by atoms with Gasteiger partial charge in [-0.15, -0.1) is 0 Å². The highest BCUT2D eigenvalue weighted by atomic mass is 79.9. The van der Waals surface area contributed by atoms with Crippen LogP contribution in [0.1, 0.15) is 12.8 Å². The van der Waals surface area contributed by atoms with Gasteiger partial charge < -0.3 is 4.90 Å². The molecule has 0 aromatic heterocycles. The van der Waals surface area contributed by atoms with Crippen LogP contribution in [0.4, 0.5) is 0 Å². The van der Waals surface area contributed by atoms with E-state index in [4.69, 9.17) is 0 Å². The molecule has 0 spiro atoms. The molecule has 1 atom stereocenters. The molecule has 1 rings (SSSR count). The predicted molar refractivity (Wildman–Crippen MR) is 58.2 cm³/mol. The van der Waals surface area contributed by atoms with Gasteiger partial charge in [0.2, 0.25) is 5.91 Å². The number of amides is 1. The normalized spacial score (nSPS) is 22.7. The van der Waals surface area contributed by atoms with E-state index in [1.54, 1.807) is 4.90 Å². The summed E-state index contributed by atoms with van der Waals surface area (Å²) in [5.41, 5.74) is 0. The topological polar surface area (TPSA) is 54.5 Å². The fourth-order valence-corrected chi connectivity index (χ4v) is 2.92. The Balaban J connectivity index is 2.60. The second-order valence-electron chi connectivity index (χ2n) is 3.61. The predicted octanol–water partition coefficient (Wildman–Crippen LogP) is 0.417. The van der Waals surface area contributed by atoms with Crippen LogP contribution in [0.5, 0.6) is 0 Å². The number of halogens is 1. The SMILES string of the molecule is CS(=O)(=O)CC(=O)N1CCCC1CBr. The molecule has 14 heavy (non-hydrogen) atoms. The van der Waals surface area contributed by atoms with Crippen LogP contribution in [0.2, 0.25) is 0 Å². The van der Waals surface area contributed by atoms with E-state index in [0.717, 1.165) is 24.4 Å².